The standard InChI is InChI=1S/C9H9ClFNO2/c10-9-6(2-1-3-7(9)11)4-12-8(14)5-13/h1-3,13H,4-5H2,(H,12,14). The van der Waals surface area contributed by atoms with Crippen LogP contribution in [0.25, 0.3) is 0 Å². The van der Waals surface area contributed by atoms with Crippen LogP contribution in [0.3, 0.4) is 0 Å². The molecule has 0 aliphatic rings. The molecular weight excluding hydrogens is 209 g/mol. The summed E-state index contributed by atoms with van der Waals surface area (Å²) in [4.78, 5) is 10.7. The molecule has 1 aromatic rings. The molecule has 0 spiro atoms. The van der Waals surface area contributed by atoms with Crippen molar-refractivity contribution in [2.24, 2.45) is 0 Å². The second-order valence-electron chi connectivity index (χ2n) is 2.65. The maximum absolute atomic E-state index is 12.9. The minimum atomic E-state index is -0.590. The summed E-state index contributed by atoms with van der Waals surface area (Å²) in [6, 6.07) is 4.34. The highest BCUT2D eigenvalue weighted by Crippen LogP contribution is 2.19. The lowest BCUT2D eigenvalue weighted by Gasteiger charge is -2.05. The van der Waals surface area contributed by atoms with Crippen molar-refractivity contribution in [1.29, 1.82) is 0 Å². The minimum Gasteiger partial charge on any atom is -0.387 e. The molecule has 0 aliphatic heterocycles. The van der Waals surface area contributed by atoms with Gasteiger partial charge in [0.2, 0.25) is 5.91 Å². The molecule has 1 amide bonds. The van der Waals surface area contributed by atoms with Gasteiger partial charge in [0.05, 0.1) is 5.02 Å². The van der Waals surface area contributed by atoms with Crippen molar-refractivity contribution in [2.75, 3.05) is 6.61 Å². The predicted octanol–water partition coefficient (Wildman–Crippen LogP) is 1.09. The fourth-order valence-electron chi connectivity index (χ4n) is 0.935. The van der Waals surface area contributed by atoms with Gasteiger partial charge < -0.3 is 10.4 Å². The molecule has 0 aliphatic carbocycles. The molecule has 2 N–H and O–H groups in total. The largest absolute Gasteiger partial charge is 0.387 e. The van der Waals surface area contributed by atoms with Crippen molar-refractivity contribution in [2.45, 2.75) is 6.54 Å². The molecular formula is C9H9ClFNO2. The van der Waals surface area contributed by atoms with Gasteiger partial charge in [-0.2, -0.15) is 0 Å². The lowest BCUT2D eigenvalue weighted by molar-refractivity contribution is -0.123. The van der Waals surface area contributed by atoms with E-state index in [4.69, 9.17) is 16.7 Å². The van der Waals surface area contributed by atoms with Crippen LogP contribution >= 0.6 is 11.6 Å². The number of aliphatic hydroxyl groups excluding tert-OH is 1. The van der Waals surface area contributed by atoms with Crippen LogP contribution in [0.5, 0.6) is 0 Å². The van der Waals surface area contributed by atoms with Crippen molar-refractivity contribution < 1.29 is 14.3 Å². The van der Waals surface area contributed by atoms with Crippen LogP contribution in [-0.2, 0) is 11.3 Å². The first kappa shape index (κ1) is 10.9. The maximum atomic E-state index is 12.9. The van der Waals surface area contributed by atoms with E-state index in [0.717, 1.165) is 0 Å². The van der Waals surface area contributed by atoms with Crippen molar-refractivity contribution in [1.82, 2.24) is 5.32 Å². The van der Waals surface area contributed by atoms with Gasteiger partial charge in [-0.1, -0.05) is 23.7 Å². The second-order valence-corrected chi connectivity index (χ2v) is 3.03. The third-order valence-corrected chi connectivity index (χ3v) is 2.07. The van der Waals surface area contributed by atoms with E-state index in [1.807, 2.05) is 0 Å². The lowest BCUT2D eigenvalue weighted by atomic mass is 10.2. The van der Waals surface area contributed by atoms with Crippen LogP contribution in [0, 0.1) is 5.82 Å². The Balaban J connectivity index is 2.68. The first-order valence-corrected chi connectivity index (χ1v) is 4.33. The zero-order valence-corrected chi connectivity index (χ0v) is 8.01. The molecule has 0 heterocycles. The number of hydrogen-bond acceptors (Lipinski definition) is 2. The number of carbonyl (C=O) groups is 1. The van der Waals surface area contributed by atoms with Crippen LogP contribution < -0.4 is 5.32 Å². The number of hydrogen-bond donors (Lipinski definition) is 2. The quantitative estimate of drug-likeness (QED) is 0.796. The fraction of sp³-hybridized carbons (Fsp3) is 0.222. The molecule has 1 rings (SSSR count). The van der Waals surface area contributed by atoms with Gasteiger partial charge in [-0.05, 0) is 11.6 Å². The van der Waals surface area contributed by atoms with E-state index in [-0.39, 0.29) is 11.6 Å². The number of benzene rings is 1. The summed E-state index contributed by atoms with van der Waals surface area (Å²) in [5, 5.41) is 10.8. The smallest absolute Gasteiger partial charge is 0.245 e. The molecule has 0 saturated heterocycles. The normalized spacial score (nSPS) is 9.93. The third kappa shape index (κ3) is 2.68. The average molecular weight is 218 g/mol. The number of aliphatic hydroxyl groups is 1. The van der Waals surface area contributed by atoms with Crippen LogP contribution in [0.2, 0.25) is 5.02 Å². The van der Waals surface area contributed by atoms with Crippen molar-refractivity contribution in [3.63, 3.8) is 0 Å². The highest BCUT2D eigenvalue weighted by Gasteiger charge is 2.06. The topological polar surface area (TPSA) is 49.3 Å². The molecule has 0 atom stereocenters. The van der Waals surface area contributed by atoms with Crippen LogP contribution in [0.4, 0.5) is 4.39 Å². The molecule has 5 heteroatoms. The average Bonchev–Trinajstić information content (AvgIpc) is 2.20. The van der Waals surface area contributed by atoms with Gasteiger partial charge in [0.15, 0.2) is 0 Å². The summed E-state index contributed by atoms with van der Waals surface area (Å²) in [6.07, 6.45) is 0. The van der Waals surface area contributed by atoms with Gasteiger partial charge >= 0.3 is 0 Å². The molecule has 0 unspecified atom stereocenters. The highest BCUT2D eigenvalue weighted by atomic mass is 35.5. The molecule has 0 saturated carbocycles. The summed E-state index contributed by atoms with van der Waals surface area (Å²) in [5.74, 6) is -1.05. The van der Waals surface area contributed by atoms with Crippen LogP contribution in [-0.4, -0.2) is 17.6 Å². The van der Waals surface area contributed by atoms with Gasteiger partial charge in [-0.3, -0.25) is 4.79 Å². The second kappa shape index (κ2) is 4.93. The van der Waals surface area contributed by atoms with Gasteiger partial charge in [-0.25, -0.2) is 4.39 Å². The van der Waals surface area contributed by atoms with Gasteiger partial charge in [0.25, 0.3) is 0 Å². The monoisotopic (exact) mass is 217 g/mol. The molecule has 0 bridgehead atoms. The summed E-state index contributed by atoms with van der Waals surface area (Å²) in [5.41, 5.74) is 0.480. The minimum absolute atomic E-state index is 0.00857. The Labute approximate surface area is 85.5 Å². The summed E-state index contributed by atoms with van der Waals surface area (Å²) < 4.78 is 12.9. The summed E-state index contributed by atoms with van der Waals surface area (Å²) in [7, 11) is 0. The van der Waals surface area contributed by atoms with Crippen molar-refractivity contribution in [3.05, 3.63) is 34.6 Å². The number of halogens is 2. The van der Waals surface area contributed by atoms with E-state index in [0.29, 0.717) is 5.56 Å². The molecule has 76 valence electrons. The summed E-state index contributed by atoms with van der Waals surface area (Å²) >= 11 is 5.63. The Morgan fingerprint density at radius 2 is 2.29 bits per heavy atom. The molecule has 3 nitrogen and oxygen atoms in total. The number of carbonyl (C=O) groups excluding carboxylic acids is 1. The molecule has 0 aromatic heterocycles. The van der Waals surface area contributed by atoms with Crippen molar-refractivity contribution in [3.8, 4) is 0 Å². The molecule has 0 radical (unpaired) electrons. The zero-order valence-electron chi connectivity index (χ0n) is 7.26. The van der Waals surface area contributed by atoms with E-state index in [9.17, 15) is 9.18 Å². The van der Waals surface area contributed by atoms with Crippen molar-refractivity contribution >= 4 is 17.5 Å². The van der Waals surface area contributed by atoms with Gasteiger partial charge in [-0.15, -0.1) is 0 Å². The Kier molecular flexibility index (Phi) is 3.85. The predicted molar refractivity (Wildman–Crippen MR) is 50.3 cm³/mol. The van der Waals surface area contributed by atoms with Crippen LogP contribution in [0.15, 0.2) is 18.2 Å². The number of nitrogens with one attached hydrogen (secondary N) is 1. The number of amides is 1. The third-order valence-electron chi connectivity index (χ3n) is 1.65. The SMILES string of the molecule is O=C(CO)NCc1cccc(F)c1Cl. The van der Waals surface area contributed by atoms with Gasteiger partial charge in [0.1, 0.15) is 12.4 Å². The van der Waals surface area contributed by atoms with E-state index in [1.54, 1.807) is 6.07 Å². The Bertz CT molecular complexity index is 344. The lowest BCUT2D eigenvalue weighted by Crippen LogP contribution is -2.25. The van der Waals surface area contributed by atoms with E-state index >= 15 is 0 Å². The van der Waals surface area contributed by atoms with E-state index < -0.39 is 18.3 Å². The maximum Gasteiger partial charge on any atom is 0.245 e. The van der Waals surface area contributed by atoms with Gasteiger partial charge in [0, 0.05) is 6.54 Å². The fourth-order valence-corrected chi connectivity index (χ4v) is 1.13. The number of rotatable bonds is 3. The Hall–Kier alpha value is -1.13. The molecule has 1 aromatic carbocycles. The van der Waals surface area contributed by atoms with E-state index in [2.05, 4.69) is 5.32 Å². The zero-order chi connectivity index (χ0) is 10.6. The first-order chi connectivity index (χ1) is 6.65. The molecule has 0 fully saturated rings. The summed E-state index contributed by atoms with van der Waals surface area (Å²) in [6.45, 7) is -0.483. The van der Waals surface area contributed by atoms with Crippen LogP contribution in [0.1, 0.15) is 5.56 Å². The molecule has 14 heavy (non-hydrogen) atoms. The Morgan fingerprint density at radius 1 is 1.57 bits per heavy atom. The van der Waals surface area contributed by atoms with E-state index in [1.165, 1.54) is 12.1 Å². The Morgan fingerprint density at radius 3 is 2.93 bits per heavy atom. The first-order valence-electron chi connectivity index (χ1n) is 3.95. The highest BCUT2D eigenvalue weighted by molar-refractivity contribution is 6.31.